The van der Waals surface area contributed by atoms with E-state index in [9.17, 15) is 0 Å². The SMILES string of the molecule is Cc1ccccc1N=C(N[n+]1c(-c2ccccc2)cc(-c2ccccc2)cc1-c1ccccc1)c1ccccc1. The van der Waals surface area contributed by atoms with Crippen molar-refractivity contribution in [2.24, 2.45) is 4.99 Å². The van der Waals surface area contributed by atoms with E-state index in [4.69, 9.17) is 4.99 Å². The maximum atomic E-state index is 5.16. The molecule has 0 saturated carbocycles. The maximum absolute atomic E-state index is 5.16. The van der Waals surface area contributed by atoms with Crippen LogP contribution in [0.15, 0.2) is 163 Å². The van der Waals surface area contributed by atoms with Gasteiger partial charge in [0.1, 0.15) is 0 Å². The molecule has 0 aliphatic carbocycles. The molecule has 40 heavy (non-hydrogen) atoms. The Hall–Kier alpha value is -5.28. The first-order valence-electron chi connectivity index (χ1n) is 13.5. The fourth-order valence-corrected chi connectivity index (χ4v) is 4.82. The quantitative estimate of drug-likeness (QED) is 0.134. The van der Waals surface area contributed by atoms with Crippen molar-refractivity contribution in [3.05, 3.63) is 169 Å². The van der Waals surface area contributed by atoms with Crippen LogP contribution < -0.4 is 10.1 Å². The number of para-hydroxylation sites is 1. The van der Waals surface area contributed by atoms with Crippen LogP contribution in [0.4, 0.5) is 5.69 Å². The predicted octanol–water partition coefficient (Wildman–Crippen LogP) is 8.61. The molecule has 1 heterocycles. The number of rotatable bonds is 6. The number of aryl methyl sites for hydroxylation is 1. The zero-order valence-electron chi connectivity index (χ0n) is 22.4. The summed E-state index contributed by atoms with van der Waals surface area (Å²) in [5, 5.41) is 0. The molecule has 192 valence electrons. The summed E-state index contributed by atoms with van der Waals surface area (Å²) in [5.74, 6) is 0.765. The molecule has 0 amide bonds. The molecule has 0 unspecified atom stereocenters. The van der Waals surface area contributed by atoms with Crippen molar-refractivity contribution in [1.29, 1.82) is 0 Å². The predicted molar refractivity (Wildman–Crippen MR) is 166 cm³/mol. The second kappa shape index (κ2) is 11.6. The number of benzene rings is 5. The number of nitrogens with one attached hydrogen (secondary N) is 1. The van der Waals surface area contributed by atoms with Crippen LogP contribution in [-0.4, -0.2) is 5.84 Å². The summed E-state index contributed by atoms with van der Waals surface area (Å²) in [6, 6.07) is 54.6. The summed E-state index contributed by atoms with van der Waals surface area (Å²) in [7, 11) is 0. The average Bonchev–Trinajstić information content (AvgIpc) is 3.03. The largest absolute Gasteiger partial charge is 0.244 e. The van der Waals surface area contributed by atoms with Crippen LogP contribution in [0.1, 0.15) is 11.1 Å². The van der Waals surface area contributed by atoms with Crippen LogP contribution >= 0.6 is 0 Å². The van der Waals surface area contributed by atoms with E-state index in [1.165, 1.54) is 5.56 Å². The van der Waals surface area contributed by atoms with Gasteiger partial charge in [0.05, 0.1) is 5.69 Å². The topological polar surface area (TPSA) is 28.3 Å². The van der Waals surface area contributed by atoms with Crippen molar-refractivity contribution in [1.82, 2.24) is 0 Å². The van der Waals surface area contributed by atoms with Crippen molar-refractivity contribution in [3.63, 3.8) is 0 Å². The van der Waals surface area contributed by atoms with Crippen LogP contribution in [-0.2, 0) is 0 Å². The lowest BCUT2D eigenvalue weighted by molar-refractivity contribution is -0.617. The molecule has 0 fully saturated rings. The standard InChI is InChI=1S/C37H30N3/c1-28-16-14-15-25-34(28)38-37(32-23-12-5-13-24-32)39-40-35(30-19-8-3-9-20-30)26-33(29-17-6-2-7-18-29)27-36(40)31-21-10-4-11-22-31/h2-27H,1H3,(H,38,39)/q+1. The molecule has 3 nitrogen and oxygen atoms in total. The fourth-order valence-electron chi connectivity index (χ4n) is 4.82. The highest BCUT2D eigenvalue weighted by Crippen LogP contribution is 2.29. The highest BCUT2D eigenvalue weighted by Gasteiger charge is 2.25. The van der Waals surface area contributed by atoms with Crippen molar-refractivity contribution >= 4 is 11.5 Å². The highest BCUT2D eigenvalue weighted by atomic mass is 15.4. The Bertz CT molecular complexity index is 1680. The number of amidine groups is 1. The van der Waals surface area contributed by atoms with E-state index in [2.05, 4.69) is 144 Å². The van der Waals surface area contributed by atoms with Crippen LogP contribution in [0, 0.1) is 6.92 Å². The summed E-state index contributed by atoms with van der Waals surface area (Å²) in [5.41, 5.74) is 13.4. The van der Waals surface area contributed by atoms with Gasteiger partial charge in [0.25, 0.3) is 0 Å². The molecule has 3 heteroatoms. The third-order valence-electron chi connectivity index (χ3n) is 6.93. The molecule has 0 aliphatic heterocycles. The first-order valence-corrected chi connectivity index (χ1v) is 13.5. The van der Waals surface area contributed by atoms with Gasteiger partial charge in [-0.25, -0.2) is 4.99 Å². The van der Waals surface area contributed by atoms with Crippen LogP contribution in [0.25, 0.3) is 33.6 Å². The van der Waals surface area contributed by atoms with Gasteiger partial charge in [-0.1, -0.05) is 120 Å². The van der Waals surface area contributed by atoms with Crippen LogP contribution in [0.3, 0.4) is 0 Å². The zero-order valence-corrected chi connectivity index (χ0v) is 22.4. The first kappa shape index (κ1) is 25.0. The summed E-state index contributed by atoms with van der Waals surface area (Å²) in [6.45, 7) is 2.09. The minimum absolute atomic E-state index is 0.765. The number of aliphatic imine (C=N–C) groups is 1. The van der Waals surface area contributed by atoms with Gasteiger partial charge in [0, 0.05) is 28.8 Å². The van der Waals surface area contributed by atoms with Gasteiger partial charge in [0.15, 0.2) is 5.84 Å². The number of hydrogen-bond donors (Lipinski definition) is 1. The van der Waals surface area contributed by atoms with Crippen LogP contribution in [0.5, 0.6) is 0 Å². The number of aromatic nitrogens is 1. The molecule has 0 spiro atoms. The zero-order chi connectivity index (χ0) is 27.1. The average molecular weight is 517 g/mol. The van der Waals surface area contributed by atoms with Gasteiger partial charge < -0.3 is 0 Å². The Balaban J connectivity index is 1.62. The molecular formula is C37H30N3+. The Kier molecular flexibility index (Phi) is 7.27. The number of pyridine rings is 1. The Morgan fingerprint density at radius 3 is 1.48 bits per heavy atom. The van der Waals surface area contributed by atoms with E-state index >= 15 is 0 Å². The first-order chi connectivity index (χ1) is 19.8. The lowest BCUT2D eigenvalue weighted by Gasteiger charge is -2.15. The molecule has 5 aromatic carbocycles. The van der Waals surface area contributed by atoms with E-state index < -0.39 is 0 Å². The highest BCUT2D eigenvalue weighted by molar-refractivity contribution is 6.05. The van der Waals surface area contributed by atoms with E-state index in [1.54, 1.807) is 0 Å². The van der Waals surface area contributed by atoms with E-state index in [0.717, 1.165) is 50.7 Å². The van der Waals surface area contributed by atoms with Gasteiger partial charge in [-0.15, -0.1) is 5.43 Å². The molecule has 0 aliphatic rings. The summed E-state index contributed by atoms with van der Waals surface area (Å²) < 4.78 is 2.17. The minimum atomic E-state index is 0.765. The molecular weight excluding hydrogens is 486 g/mol. The van der Waals surface area contributed by atoms with Crippen molar-refractivity contribution in [2.75, 3.05) is 5.43 Å². The van der Waals surface area contributed by atoms with Crippen molar-refractivity contribution in [2.45, 2.75) is 6.92 Å². The molecule has 0 radical (unpaired) electrons. The third-order valence-corrected chi connectivity index (χ3v) is 6.93. The smallest absolute Gasteiger partial charge is 0.226 e. The monoisotopic (exact) mass is 516 g/mol. The second-order valence-corrected chi connectivity index (χ2v) is 9.67. The lowest BCUT2D eigenvalue weighted by Crippen LogP contribution is -2.52. The molecule has 0 saturated heterocycles. The van der Waals surface area contributed by atoms with Crippen molar-refractivity contribution in [3.8, 4) is 33.6 Å². The van der Waals surface area contributed by atoms with Gasteiger partial charge in [-0.3, -0.25) is 0 Å². The molecule has 0 bridgehead atoms. The summed E-state index contributed by atoms with van der Waals surface area (Å²) >= 11 is 0. The summed E-state index contributed by atoms with van der Waals surface area (Å²) in [4.78, 5) is 5.16. The molecule has 0 atom stereocenters. The fraction of sp³-hybridized carbons (Fsp3) is 0.0270. The maximum Gasteiger partial charge on any atom is 0.244 e. The molecule has 6 aromatic rings. The van der Waals surface area contributed by atoms with Crippen LogP contribution in [0.2, 0.25) is 0 Å². The Labute approximate surface area is 235 Å². The number of nitrogens with zero attached hydrogens (tertiary/aromatic N) is 2. The van der Waals surface area contributed by atoms with Gasteiger partial charge in [0.2, 0.25) is 11.4 Å². The van der Waals surface area contributed by atoms with Crippen molar-refractivity contribution < 1.29 is 4.68 Å². The Morgan fingerprint density at radius 1 is 0.500 bits per heavy atom. The second-order valence-electron chi connectivity index (χ2n) is 9.67. The minimum Gasteiger partial charge on any atom is -0.226 e. The Morgan fingerprint density at radius 2 is 0.950 bits per heavy atom. The van der Waals surface area contributed by atoms with E-state index in [-0.39, 0.29) is 0 Å². The molecule has 1 N–H and O–H groups in total. The van der Waals surface area contributed by atoms with Gasteiger partial charge in [-0.05, 0) is 53.9 Å². The summed E-state index contributed by atoms with van der Waals surface area (Å²) in [6.07, 6.45) is 0. The van der Waals surface area contributed by atoms with E-state index in [0.29, 0.717) is 0 Å². The molecule has 6 rings (SSSR count). The van der Waals surface area contributed by atoms with Gasteiger partial charge >= 0.3 is 0 Å². The number of hydrogen-bond acceptors (Lipinski definition) is 1. The lowest BCUT2D eigenvalue weighted by atomic mass is 9.99. The molecule has 1 aromatic heterocycles. The van der Waals surface area contributed by atoms with E-state index in [1.807, 2.05) is 30.3 Å². The third kappa shape index (κ3) is 5.45. The normalized spacial score (nSPS) is 11.3. The van der Waals surface area contributed by atoms with Gasteiger partial charge in [-0.2, -0.15) is 0 Å².